The topological polar surface area (TPSA) is 82.6 Å². The number of aryl methyl sites for hydroxylation is 2. The van der Waals surface area contributed by atoms with Gasteiger partial charge in [0.05, 0.1) is 18.2 Å². The van der Waals surface area contributed by atoms with Crippen molar-refractivity contribution in [2.75, 3.05) is 11.5 Å². The molecule has 1 aliphatic rings. The number of benzene rings is 3. The van der Waals surface area contributed by atoms with Crippen molar-refractivity contribution >= 4 is 45.6 Å². The van der Waals surface area contributed by atoms with Crippen molar-refractivity contribution in [3.63, 3.8) is 0 Å². The van der Waals surface area contributed by atoms with Crippen LogP contribution < -0.4 is 9.64 Å². The number of aromatic nitrogens is 1. The molecule has 0 radical (unpaired) electrons. The van der Waals surface area contributed by atoms with Gasteiger partial charge in [-0.2, -0.15) is 0 Å². The number of carbonyl (C=O) groups excluding carboxylic acids is 2. The van der Waals surface area contributed by atoms with E-state index in [1.165, 1.54) is 4.90 Å². The van der Waals surface area contributed by atoms with E-state index in [1.54, 1.807) is 36.5 Å². The standard InChI is InChI=1S/C30H27ClN2O4/c1-4-13-37-25-12-10-19(14-18(25)3)28(34)26-27(22-16-32-24-8-6-5-7-21(22)24)33(30(36)29(26)35)20-11-9-17(2)23(31)15-20/h5-12,14-16,27,32,34H,4,13H2,1-3H3/b28-26+. The molecular formula is C30H27ClN2O4. The van der Waals surface area contributed by atoms with E-state index >= 15 is 0 Å². The number of aliphatic hydroxyl groups is 1. The van der Waals surface area contributed by atoms with Gasteiger partial charge in [-0.15, -0.1) is 0 Å². The van der Waals surface area contributed by atoms with E-state index in [-0.39, 0.29) is 11.3 Å². The van der Waals surface area contributed by atoms with Gasteiger partial charge in [-0.25, -0.2) is 0 Å². The van der Waals surface area contributed by atoms with Crippen LogP contribution in [0.3, 0.4) is 0 Å². The maximum absolute atomic E-state index is 13.5. The fourth-order valence-electron chi connectivity index (χ4n) is 4.77. The van der Waals surface area contributed by atoms with Gasteiger partial charge in [-0.05, 0) is 67.8 Å². The number of fused-ring (bicyclic) bond motifs is 1. The van der Waals surface area contributed by atoms with E-state index in [1.807, 2.05) is 51.1 Å². The minimum Gasteiger partial charge on any atom is -0.507 e. The fourth-order valence-corrected chi connectivity index (χ4v) is 4.95. The maximum Gasteiger partial charge on any atom is 0.300 e. The highest BCUT2D eigenvalue weighted by atomic mass is 35.5. The first kappa shape index (κ1) is 24.7. The number of nitrogens with one attached hydrogen (secondary N) is 1. The highest BCUT2D eigenvalue weighted by molar-refractivity contribution is 6.52. The van der Waals surface area contributed by atoms with Crippen LogP contribution in [0.1, 0.15) is 41.6 Å². The number of amides is 1. The molecule has 5 rings (SSSR count). The molecule has 7 heteroatoms. The molecule has 0 aliphatic carbocycles. The molecule has 6 nitrogen and oxygen atoms in total. The van der Waals surface area contributed by atoms with E-state index in [9.17, 15) is 14.7 Å². The minimum absolute atomic E-state index is 0.0214. The molecule has 0 bridgehead atoms. The first-order valence-electron chi connectivity index (χ1n) is 12.2. The third kappa shape index (κ3) is 4.27. The summed E-state index contributed by atoms with van der Waals surface area (Å²) in [6.45, 7) is 6.36. The van der Waals surface area contributed by atoms with Crippen molar-refractivity contribution < 1.29 is 19.4 Å². The lowest BCUT2D eigenvalue weighted by molar-refractivity contribution is -0.132. The lowest BCUT2D eigenvalue weighted by atomic mass is 9.94. The van der Waals surface area contributed by atoms with Crippen LogP contribution in [0.4, 0.5) is 5.69 Å². The average molecular weight is 515 g/mol. The highest BCUT2D eigenvalue weighted by Crippen LogP contribution is 2.45. The van der Waals surface area contributed by atoms with Gasteiger partial charge >= 0.3 is 0 Å². The summed E-state index contributed by atoms with van der Waals surface area (Å²) in [4.78, 5) is 31.6. The van der Waals surface area contributed by atoms with Crippen LogP contribution in [0.5, 0.6) is 5.75 Å². The number of carbonyl (C=O) groups is 2. The zero-order valence-electron chi connectivity index (χ0n) is 20.8. The molecule has 37 heavy (non-hydrogen) atoms. The van der Waals surface area contributed by atoms with Crippen molar-refractivity contribution in [3.8, 4) is 5.75 Å². The number of hydrogen-bond acceptors (Lipinski definition) is 4. The van der Waals surface area contributed by atoms with Gasteiger partial charge in [0.1, 0.15) is 11.5 Å². The Morgan fingerprint density at radius 2 is 1.84 bits per heavy atom. The predicted molar refractivity (Wildman–Crippen MR) is 146 cm³/mol. The van der Waals surface area contributed by atoms with E-state index in [2.05, 4.69) is 4.98 Å². The van der Waals surface area contributed by atoms with Crippen LogP contribution in [-0.2, 0) is 9.59 Å². The molecule has 1 saturated heterocycles. The number of anilines is 1. The molecule has 1 aliphatic heterocycles. The Kier molecular flexibility index (Phi) is 6.52. The van der Waals surface area contributed by atoms with Gasteiger partial charge in [-0.1, -0.05) is 42.8 Å². The number of H-pyrrole nitrogens is 1. The van der Waals surface area contributed by atoms with E-state index < -0.39 is 17.7 Å². The van der Waals surface area contributed by atoms with Crippen LogP contribution in [-0.4, -0.2) is 28.4 Å². The zero-order valence-corrected chi connectivity index (χ0v) is 21.6. The van der Waals surface area contributed by atoms with Crippen molar-refractivity contribution in [2.45, 2.75) is 33.2 Å². The summed E-state index contributed by atoms with van der Waals surface area (Å²) in [6.07, 6.45) is 2.66. The van der Waals surface area contributed by atoms with E-state index in [0.717, 1.165) is 28.5 Å². The number of Topliss-reactive ketones (excluding diaryl/α,β-unsaturated/α-hetero) is 1. The molecule has 1 unspecified atom stereocenters. The lowest BCUT2D eigenvalue weighted by Crippen LogP contribution is -2.29. The Morgan fingerprint density at radius 3 is 2.57 bits per heavy atom. The van der Waals surface area contributed by atoms with Crippen LogP contribution in [0.25, 0.3) is 16.7 Å². The number of ketones is 1. The smallest absolute Gasteiger partial charge is 0.300 e. The highest BCUT2D eigenvalue weighted by Gasteiger charge is 2.47. The fraction of sp³-hybridized carbons (Fsp3) is 0.200. The molecule has 1 atom stereocenters. The number of nitrogens with zero attached hydrogens (tertiary/aromatic N) is 1. The van der Waals surface area contributed by atoms with Crippen molar-refractivity contribution in [3.05, 3.63) is 99.7 Å². The van der Waals surface area contributed by atoms with Crippen LogP contribution in [0.15, 0.2) is 72.4 Å². The largest absolute Gasteiger partial charge is 0.507 e. The Hall–Kier alpha value is -4.03. The summed E-state index contributed by atoms with van der Waals surface area (Å²) in [7, 11) is 0. The normalized spacial score (nSPS) is 17.1. The van der Waals surface area contributed by atoms with Gasteiger partial charge in [0.2, 0.25) is 0 Å². The summed E-state index contributed by atoms with van der Waals surface area (Å²) in [5.41, 5.74) is 4.17. The quantitative estimate of drug-likeness (QED) is 0.167. The molecule has 2 N–H and O–H groups in total. The summed E-state index contributed by atoms with van der Waals surface area (Å²) >= 11 is 6.40. The minimum atomic E-state index is -0.855. The number of halogens is 1. The molecular weight excluding hydrogens is 488 g/mol. The molecule has 1 fully saturated rings. The van der Waals surface area contributed by atoms with Crippen LogP contribution in [0, 0.1) is 13.8 Å². The molecule has 4 aromatic rings. The van der Waals surface area contributed by atoms with Crippen LogP contribution >= 0.6 is 11.6 Å². The maximum atomic E-state index is 13.5. The molecule has 0 spiro atoms. The van der Waals surface area contributed by atoms with Gasteiger partial charge in [-0.3, -0.25) is 14.5 Å². The molecule has 3 aromatic carbocycles. The predicted octanol–water partition coefficient (Wildman–Crippen LogP) is 6.85. The van der Waals surface area contributed by atoms with Gasteiger partial charge in [0.15, 0.2) is 0 Å². The van der Waals surface area contributed by atoms with Crippen molar-refractivity contribution in [2.24, 2.45) is 0 Å². The van der Waals surface area contributed by atoms with Crippen LogP contribution in [0.2, 0.25) is 5.02 Å². The number of rotatable bonds is 6. The molecule has 2 heterocycles. The van der Waals surface area contributed by atoms with E-state index in [4.69, 9.17) is 16.3 Å². The van der Waals surface area contributed by atoms with Gasteiger partial charge < -0.3 is 14.8 Å². The molecule has 188 valence electrons. The Labute approximate surface area is 220 Å². The van der Waals surface area contributed by atoms with E-state index in [0.29, 0.717) is 34.2 Å². The summed E-state index contributed by atoms with van der Waals surface area (Å²) in [5.74, 6) is -1.01. The Balaban J connectivity index is 1.71. The molecule has 1 amide bonds. The average Bonchev–Trinajstić information content (AvgIpc) is 3.43. The van der Waals surface area contributed by atoms with Crippen molar-refractivity contribution in [1.29, 1.82) is 0 Å². The molecule has 0 saturated carbocycles. The summed E-state index contributed by atoms with van der Waals surface area (Å²) < 4.78 is 5.76. The number of hydrogen-bond donors (Lipinski definition) is 2. The van der Waals surface area contributed by atoms with Gasteiger partial charge in [0.25, 0.3) is 11.7 Å². The first-order chi connectivity index (χ1) is 17.8. The van der Waals surface area contributed by atoms with Gasteiger partial charge in [0, 0.05) is 38.9 Å². The third-order valence-electron chi connectivity index (χ3n) is 6.70. The SMILES string of the molecule is CCCOc1ccc(/C(O)=C2\C(=O)C(=O)N(c3ccc(C)c(Cl)c3)C2c2c[nH]c3ccccc23)cc1C. The monoisotopic (exact) mass is 514 g/mol. The zero-order chi connectivity index (χ0) is 26.3. The second-order valence-corrected chi connectivity index (χ2v) is 9.63. The lowest BCUT2D eigenvalue weighted by Gasteiger charge is -2.25. The number of para-hydroxylation sites is 1. The Bertz CT molecular complexity index is 1570. The summed E-state index contributed by atoms with van der Waals surface area (Å²) in [6, 6.07) is 17.3. The number of aliphatic hydroxyl groups excluding tert-OH is 1. The third-order valence-corrected chi connectivity index (χ3v) is 7.11. The second-order valence-electron chi connectivity index (χ2n) is 9.22. The Morgan fingerprint density at radius 1 is 1.05 bits per heavy atom. The molecule has 1 aromatic heterocycles. The van der Waals surface area contributed by atoms with Crippen molar-refractivity contribution in [1.82, 2.24) is 4.98 Å². The number of aromatic amines is 1. The second kappa shape index (κ2) is 9.79. The number of ether oxygens (including phenoxy) is 1. The summed E-state index contributed by atoms with van der Waals surface area (Å²) in [5, 5.41) is 12.8. The first-order valence-corrected chi connectivity index (χ1v) is 12.6.